The molecule has 1 amide bonds. The van der Waals surface area contributed by atoms with Crippen LogP contribution in [0.1, 0.15) is 29.2 Å². The minimum Gasteiger partial charge on any atom is -0.391 e. The molecule has 1 N–H and O–H groups in total. The fraction of sp³-hybridized carbons (Fsp3) is 0.316. The highest BCUT2D eigenvalue weighted by Crippen LogP contribution is 2.34. The van der Waals surface area contributed by atoms with Crippen LogP contribution in [0.15, 0.2) is 42.5 Å². The van der Waals surface area contributed by atoms with Crippen LogP contribution in [0.5, 0.6) is 0 Å². The first-order valence-corrected chi connectivity index (χ1v) is 7.92. The lowest BCUT2D eigenvalue weighted by atomic mass is 10.0. The van der Waals surface area contributed by atoms with E-state index in [1.54, 1.807) is 0 Å². The first-order valence-electron chi connectivity index (χ1n) is 7.92. The highest BCUT2D eigenvalue weighted by Gasteiger charge is 2.36. The van der Waals surface area contributed by atoms with Crippen molar-refractivity contribution < 1.29 is 18.7 Å². The second kappa shape index (κ2) is 6.69. The number of rotatable bonds is 3. The molecule has 0 bridgehead atoms. The summed E-state index contributed by atoms with van der Waals surface area (Å²) in [5.74, 6) is -1.32. The fourth-order valence-corrected chi connectivity index (χ4v) is 3.23. The lowest BCUT2D eigenvalue weighted by Gasteiger charge is -2.25. The molecule has 5 heteroatoms. The first-order chi connectivity index (χ1) is 11.5. The van der Waals surface area contributed by atoms with E-state index in [9.17, 15) is 18.7 Å². The molecule has 1 aliphatic heterocycles. The smallest absolute Gasteiger partial charge is 0.227 e. The lowest BCUT2D eigenvalue weighted by Crippen LogP contribution is -2.33. The molecule has 2 aromatic carbocycles. The summed E-state index contributed by atoms with van der Waals surface area (Å²) >= 11 is 0. The molecule has 0 saturated carbocycles. The molecule has 2 unspecified atom stereocenters. The van der Waals surface area contributed by atoms with E-state index in [4.69, 9.17) is 0 Å². The third-order valence-corrected chi connectivity index (χ3v) is 4.52. The third-order valence-electron chi connectivity index (χ3n) is 4.52. The van der Waals surface area contributed by atoms with Gasteiger partial charge in [0.05, 0.1) is 18.6 Å². The molecule has 1 heterocycles. The summed E-state index contributed by atoms with van der Waals surface area (Å²) in [5.41, 5.74) is 2.01. The summed E-state index contributed by atoms with van der Waals surface area (Å²) in [6, 6.07) is 10.1. The van der Waals surface area contributed by atoms with Crippen molar-refractivity contribution in [2.24, 2.45) is 0 Å². The molecule has 0 aromatic heterocycles. The number of likely N-dealkylation sites (tertiary alicyclic amines) is 1. The van der Waals surface area contributed by atoms with Gasteiger partial charge in [0.15, 0.2) is 0 Å². The van der Waals surface area contributed by atoms with E-state index in [1.807, 2.05) is 31.2 Å². The maximum absolute atomic E-state index is 14.1. The molecule has 2 atom stereocenters. The summed E-state index contributed by atoms with van der Waals surface area (Å²) in [7, 11) is 0. The highest BCUT2D eigenvalue weighted by molar-refractivity contribution is 5.80. The predicted molar refractivity (Wildman–Crippen MR) is 86.3 cm³/mol. The zero-order valence-corrected chi connectivity index (χ0v) is 13.4. The number of benzene rings is 2. The van der Waals surface area contributed by atoms with Gasteiger partial charge in [0.25, 0.3) is 0 Å². The van der Waals surface area contributed by atoms with Gasteiger partial charge in [-0.2, -0.15) is 0 Å². The number of aliphatic hydroxyl groups is 1. The number of amides is 1. The first kappa shape index (κ1) is 16.6. The van der Waals surface area contributed by atoms with Gasteiger partial charge in [-0.1, -0.05) is 24.3 Å². The van der Waals surface area contributed by atoms with Gasteiger partial charge in [-0.25, -0.2) is 8.78 Å². The van der Waals surface area contributed by atoms with E-state index in [0.29, 0.717) is 0 Å². The van der Waals surface area contributed by atoms with Gasteiger partial charge in [0.2, 0.25) is 5.91 Å². The number of aryl methyl sites for hydroxylation is 1. The van der Waals surface area contributed by atoms with Crippen LogP contribution in [-0.4, -0.2) is 28.6 Å². The number of hydrogen-bond donors (Lipinski definition) is 1. The minimum absolute atomic E-state index is 0.115. The zero-order chi connectivity index (χ0) is 17.3. The number of halogens is 2. The Morgan fingerprint density at radius 1 is 1.25 bits per heavy atom. The number of carbonyl (C=O) groups is 1. The Kier molecular flexibility index (Phi) is 4.62. The fourth-order valence-electron chi connectivity index (χ4n) is 3.23. The Bertz CT molecular complexity index is 763. The van der Waals surface area contributed by atoms with Crippen LogP contribution in [-0.2, 0) is 11.2 Å². The second-order valence-electron chi connectivity index (χ2n) is 6.22. The van der Waals surface area contributed by atoms with Crippen molar-refractivity contribution in [3.8, 4) is 0 Å². The standard InChI is InChI=1S/C19H19F2NO2/c1-12-4-2-3-5-13(12)8-19(24)22-11-15(23)10-18(22)16-9-14(20)6-7-17(16)21/h2-7,9,15,18,23H,8,10-11H2,1H3. The van der Waals surface area contributed by atoms with Gasteiger partial charge in [-0.15, -0.1) is 0 Å². The molecule has 126 valence electrons. The Hall–Kier alpha value is -2.27. The average molecular weight is 331 g/mol. The summed E-state index contributed by atoms with van der Waals surface area (Å²) in [6.45, 7) is 2.05. The Morgan fingerprint density at radius 3 is 2.75 bits per heavy atom. The maximum Gasteiger partial charge on any atom is 0.227 e. The molecule has 2 aromatic rings. The Labute approximate surface area is 139 Å². The van der Waals surface area contributed by atoms with Crippen LogP contribution in [0.4, 0.5) is 8.78 Å². The van der Waals surface area contributed by atoms with Crippen molar-refractivity contribution in [3.05, 3.63) is 70.8 Å². The molecular formula is C19H19F2NO2. The predicted octanol–water partition coefficient (Wildman–Crippen LogP) is 3.15. The van der Waals surface area contributed by atoms with Crippen molar-refractivity contribution in [2.45, 2.75) is 31.9 Å². The normalized spacial score (nSPS) is 20.4. The Balaban J connectivity index is 1.86. The average Bonchev–Trinajstić information content (AvgIpc) is 2.94. The quantitative estimate of drug-likeness (QED) is 0.939. The summed E-state index contributed by atoms with van der Waals surface area (Å²) < 4.78 is 27.6. The van der Waals surface area contributed by atoms with E-state index in [1.165, 1.54) is 4.90 Å². The SMILES string of the molecule is Cc1ccccc1CC(=O)N1CC(O)CC1c1cc(F)ccc1F. The molecule has 1 saturated heterocycles. The number of aliphatic hydroxyl groups excluding tert-OH is 1. The van der Waals surface area contributed by atoms with E-state index >= 15 is 0 Å². The molecule has 1 fully saturated rings. The molecule has 0 spiro atoms. The largest absolute Gasteiger partial charge is 0.391 e. The van der Waals surface area contributed by atoms with Gasteiger partial charge >= 0.3 is 0 Å². The van der Waals surface area contributed by atoms with Crippen LogP contribution in [0.3, 0.4) is 0 Å². The van der Waals surface area contributed by atoms with Crippen LogP contribution in [0, 0.1) is 18.6 Å². The van der Waals surface area contributed by atoms with Crippen molar-refractivity contribution >= 4 is 5.91 Å². The van der Waals surface area contributed by atoms with E-state index in [-0.39, 0.29) is 30.9 Å². The molecular weight excluding hydrogens is 312 g/mol. The van der Waals surface area contributed by atoms with Crippen molar-refractivity contribution in [2.75, 3.05) is 6.54 Å². The van der Waals surface area contributed by atoms with E-state index in [2.05, 4.69) is 0 Å². The summed E-state index contributed by atoms with van der Waals surface area (Å²) in [6.07, 6.45) is -0.356. The lowest BCUT2D eigenvalue weighted by molar-refractivity contribution is -0.131. The molecule has 24 heavy (non-hydrogen) atoms. The van der Waals surface area contributed by atoms with E-state index in [0.717, 1.165) is 29.3 Å². The molecule has 0 radical (unpaired) electrons. The number of β-amino-alcohol motifs (C(OH)–C–C–N with tert-alkyl or cyclic N) is 1. The molecule has 3 rings (SSSR count). The van der Waals surface area contributed by atoms with Crippen LogP contribution in [0.2, 0.25) is 0 Å². The zero-order valence-electron chi connectivity index (χ0n) is 13.4. The Morgan fingerprint density at radius 2 is 2.00 bits per heavy atom. The minimum atomic E-state index is -0.738. The maximum atomic E-state index is 14.1. The van der Waals surface area contributed by atoms with Gasteiger partial charge in [-0.3, -0.25) is 4.79 Å². The second-order valence-corrected chi connectivity index (χ2v) is 6.22. The topological polar surface area (TPSA) is 40.5 Å². The van der Waals surface area contributed by atoms with Crippen molar-refractivity contribution in [1.29, 1.82) is 0 Å². The third kappa shape index (κ3) is 3.31. The monoisotopic (exact) mass is 331 g/mol. The van der Waals surface area contributed by atoms with Crippen molar-refractivity contribution in [1.82, 2.24) is 4.90 Å². The van der Waals surface area contributed by atoms with E-state index < -0.39 is 23.8 Å². The van der Waals surface area contributed by atoms with Gasteiger partial charge < -0.3 is 10.0 Å². The molecule has 0 aliphatic carbocycles. The number of hydrogen-bond acceptors (Lipinski definition) is 2. The van der Waals surface area contributed by atoms with Gasteiger partial charge in [0, 0.05) is 12.1 Å². The van der Waals surface area contributed by atoms with Gasteiger partial charge in [0.1, 0.15) is 11.6 Å². The van der Waals surface area contributed by atoms with Gasteiger partial charge in [-0.05, 0) is 42.7 Å². The molecule has 3 nitrogen and oxygen atoms in total. The molecule has 1 aliphatic rings. The van der Waals surface area contributed by atoms with Crippen LogP contribution >= 0.6 is 0 Å². The van der Waals surface area contributed by atoms with Crippen LogP contribution in [0.25, 0.3) is 0 Å². The number of nitrogens with zero attached hydrogens (tertiary/aromatic N) is 1. The highest BCUT2D eigenvalue weighted by atomic mass is 19.1. The van der Waals surface area contributed by atoms with Crippen molar-refractivity contribution in [3.63, 3.8) is 0 Å². The summed E-state index contributed by atoms with van der Waals surface area (Å²) in [5, 5.41) is 9.95. The summed E-state index contributed by atoms with van der Waals surface area (Å²) in [4.78, 5) is 14.1. The van der Waals surface area contributed by atoms with Crippen LogP contribution < -0.4 is 0 Å². The number of carbonyl (C=O) groups excluding carboxylic acids is 1.